The highest BCUT2D eigenvalue weighted by atomic mass is 35.5. The molecular formula is C10H11ClO3S. The molecule has 0 fully saturated rings. The Kier molecular flexibility index (Phi) is 4.78. The van der Waals surface area contributed by atoms with Crippen LogP contribution >= 0.6 is 24.2 Å². The van der Waals surface area contributed by atoms with Crippen molar-refractivity contribution in [3.63, 3.8) is 0 Å². The highest BCUT2D eigenvalue weighted by Gasteiger charge is 2.07. The fourth-order valence-corrected chi connectivity index (χ4v) is 1.33. The fourth-order valence-electron chi connectivity index (χ4n) is 0.950. The highest BCUT2D eigenvalue weighted by molar-refractivity contribution is 7.80. The van der Waals surface area contributed by atoms with E-state index in [9.17, 15) is 4.79 Å². The average molecular weight is 247 g/mol. The Bertz CT molecular complexity index is 355. The van der Waals surface area contributed by atoms with E-state index in [-0.39, 0.29) is 6.61 Å². The number of hydrogen-bond donors (Lipinski definition) is 1. The van der Waals surface area contributed by atoms with Crippen molar-refractivity contribution in [2.75, 3.05) is 13.2 Å². The Hall–Kier alpha value is -0.870. The van der Waals surface area contributed by atoms with E-state index in [0.29, 0.717) is 22.3 Å². The first-order chi connectivity index (χ1) is 7.15. The third-order valence-corrected chi connectivity index (χ3v) is 2.49. The topological polar surface area (TPSA) is 35.5 Å². The summed E-state index contributed by atoms with van der Waals surface area (Å²) in [7, 11) is 0. The van der Waals surface area contributed by atoms with Crippen LogP contribution in [0.1, 0.15) is 6.92 Å². The zero-order valence-corrected chi connectivity index (χ0v) is 9.85. The number of rotatable bonds is 4. The highest BCUT2D eigenvalue weighted by Crippen LogP contribution is 2.30. The van der Waals surface area contributed by atoms with Crippen molar-refractivity contribution in [2.24, 2.45) is 0 Å². The zero-order valence-electron chi connectivity index (χ0n) is 8.20. The lowest BCUT2D eigenvalue weighted by Crippen LogP contribution is -2.14. The molecule has 15 heavy (non-hydrogen) atoms. The van der Waals surface area contributed by atoms with Gasteiger partial charge in [-0.15, -0.1) is 12.6 Å². The Morgan fingerprint density at radius 3 is 2.93 bits per heavy atom. The van der Waals surface area contributed by atoms with E-state index in [4.69, 9.17) is 21.1 Å². The van der Waals surface area contributed by atoms with Crippen molar-refractivity contribution in [1.82, 2.24) is 0 Å². The number of halogens is 1. The van der Waals surface area contributed by atoms with Crippen molar-refractivity contribution in [3.05, 3.63) is 23.2 Å². The second-order valence-electron chi connectivity index (χ2n) is 2.68. The third-order valence-electron chi connectivity index (χ3n) is 1.59. The van der Waals surface area contributed by atoms with Gasteiger partial charge in [0.25, 0.3) is 0 Å². The van der Waals surface area contributed by atoms with Gasteiger partial charge in [-0.1, -0.05) is 17.7 Å². The van der Waals surface area contributed by atoms with E-state index in [0.717, 1.165) is 0 Å². The molecule has 1 aromatic carbocycles. The van der Waals surface area contributed by atoms with Gasteiger partial charge in [0.2, 0.25) is 0 Å². The van der Waals surface area contributed by atoms with Crippen LogP contribution in [-0.4, -0.2) is 19.2 Å². The van der Waals surface area contributed by atoms with Gasteiger partial charge in [0.15, 0.2) is 6.61 Å². The van der Waals surface area contributed by atoms with E-state index in [2.05, 4.69) is 12.6 Å². The Morgan fingerprint density at radius 2 is 2.27 bits per heavy atom. The lowest BCUT2D eigenvalue weighted by Gasteiger charge is -2.08. The molecule has 0 saturated carbocycles. The van der Waals surface area contributed by atoms with Crippen LogP contribution < -0.4 is 4.74 Å². The molecular weight excluding hydrogens is 236 g/mol. The Balaban J connectivity index is 2.58. The molecule has 1 rings (SSSR count). The van der Waals surface area contributed by atoms with Gasteiger partial charge in [0, 0.05) is 4.90 Å². The van der Waals surface area contributed by atoms with Crippen LogP contribution in [0.25, 0.3) is 0 Å². The summed E-state index contributed by atoms with van der Waals surface area (Å²) >= 11 is 10.0. The van der Waals surface area contributed by atoms with Gasteiger partial charge >= 0.3 is 5.97 Å². The smallest absolute Gasteiger partial charge is 0.344 e. The van der Waals surface area contributed by atoms with Gasteiger partial charge in [-0.05, 0) is 19.1 Å². The quantitative estimate of drug-likeness (QED) is 0.655. The molecule has 0 heterocycles. The minimum Gasteiger partial charge on any atom is -0.480 e. The maximum Gasteiger partial charge on any atom is 0.344 e. The van der Waals surface area contributed by atoms with E-state index < -0.39 is 5.97 Å². The maximum absolute atomic E-state index is 11.0. The molecule has 0 N–H and O–H groups in total. The van der Waals surface area contributed by atoms with E-state index >= 15 is 0 Å². The molecule has 0 unspecified atom stereocenters. The van der Waals surface area contributed by atoms with Crippen LogP contribution in [0.5, 0.6) is 5.75 Å². The summed E-state index contributed by atoms with van der Waals surface area (Å²) in [5.41, 5.74) is 0. The number of hydrogen-bond acceptors (Lipinski definition) is 4. The van der Waals surface area contributed by atoms with Crippen LogP contribution in [0.3, 0.4) is 0 Å². The van der Waals surface area contributed by atoms with Crippen molar-refractivity contribution in [2.45, 2.75) is 11.8 Å². The number of benzene rings is 1. The summed E-state index contributed by atoms with van der Waals surface area (Å²) < 4.78 is 9.88. The van der Waals surface area contributed by atoms with E-state index in [1.54, 1.807) is 25.1 Å². The molecule has 0 radical (unpaired) electrons. The number of thiol groups is 1. The van der Waals surface area contributed by atoms with Gasteiger partial charge in [-0.2, -0.15) is 0 Å². The molecule has 0 amide bonds. The number of carbonyl (C=O) groups excluding carboxylic acids is 1. The maximum atomic E-state index is 11.0. The molecule has 0 aliphatic rings. The monoisotopic (exact) mass is 246 g/mol. The first-order valence-electron chi connectivity index (χ1n) is 4.41. The third kappa shape index (κ3) is 3.64. The molecule has 0 atom stereocenters. The molecule has 0 aliphatic carbocycles. The first-order valence-corrected chi connectivity index (χ1v) is 5.23. The predicted octanol–water partition coefficient (Wildman–Crippen LogP) is 2.57. The molecule has 0 spiro atoms. The second kappa shape index (κ2) is 5.88. The zero-order chi connectivity index (χ0) is 11.3. The molecule has 82 valence electrons. The average Bonchev–Trinajstić information content (AvgIpc) is 2.21. The standard InChI is InChI=1S/C10H11ClO3S/c1-2-13-9(12)6-14-7-4-3-5-8(15)10(7)11/h3-5,15H,2,6H2,1H3. The molecule has 3 nitrogen and oxygen atoms in total. The van der Waals surface area contributed by atoms with Crippen molar-refractivity contribution < 1.29 is 14.3 Å². The van der Waals surface area contributed by atoms with Gasteiger partial charge in [0.05, 0.1) is 11.6 Å². The van der Waals surface area contributed by atoms with Crippen molar-refractivity contribution >= 4 is 30.2 Å². The lowest BCUT2D eigenvalue weighted by atomic mass is 10.3. The van der Waals surface area contributed by atoms with Crippen LogP contribution in [0, 0.1) is 0 Å². The Morgan fingerprint density at radius 1 is 1.53 bits per heavy atom. The summed E-state index contributed by atoms with van der Waals surface area (Å²) in [4.78, 5) is 11.6. The Labute approximate surface area is 98.7 Å². The summed E-state index contributed by atoms with van der Waals surface area (Å²) in [6.07, 6.45) is 0. The van der Waals surface area contributed by atoms with Crippen LogP contribution in [-0.2, 0) is 9.53 Å². The van der Waals surface area contributed by atoms with E-state index in [1.807, 2.05) is 0 Å². The van der Waals surface area contributed by atoms with Crippen molar-refractivity contribution in [1.29, 1.82) is 0 Å². The summed E-state index contributed by atoms with van der Waals surface area (Å²) in [6.45, 7) is 1.92. The largest absolute Gasteiger partial charge is 0.480 e. The summed E-state index contributed by atoms with van der Waals surface area (Å²) in [6, 6.07) is 5.15. The molecule has 0 bridgehead atoms. The fraction of sp³-hybridized carbons (Fsp3) is 0.300. The van der Waals surface area contributed by atoms with E-state index in [1.165, 1.54) is 0 Å². The van der Waals surface area contributed by atoms with Crippen LogP contribution in [0.15, 0.2) is 23.1 Å². The molecule has 0 aromatic heterocycles. The van der Waals surface area contributed by atoms with Gasteiger partial charge < -0.3 is 9.47 Å². The van der Waals surface area contributed by atoms with Crippen LogP contribution in [0.4, 0.5) is 0 Å². The second-order valence-corrected chi connectivity index (χ2v) is 3.54. The number of carbonyl (C=O) groups is 1. The SMILES string of the molecule is CCOC(=O)COc1cccc(S)c1Cl. The number of ether oxygens (including phenoxy) is 2. The summed E-state index contributed by atoms with van der Waals surface area (Å²) in [5, 5.41) is 0.394. The van der Waals surface area contributed by atoms with Gasteiger partial charge in [-0.25, -0.2) is 4.79 Å². The van der Waals surface area contributed by atoms with Crippen molar-refractivity contribution in [3.8, 4) is 5.75 Å². The molecule has 0 saturated heterocycles. The molecule has 5 heteroatoms. The minimum atomic E-state index is -0.418. The number of esters is 1. The molecule has 1 aromatic rings. The normalized spacial score (nSPS) is 9.80. The first kappa shape index (κ1) is 12.2. The molecule has 0 aliphatic heterocycles. The van der Waals surface area contributed by atoms with Gasteiger partial charge in [0.1, 0.15) is 5.75 Å². The lowest BCUT2D eigenvalue weighted by molar-refractivity contribution is -0.145. The van der Waals surface area contributed by atoms with Gasteiger partial charge in [-0.3, -0.25) is 0 Å². The van der Waals surface area contributed by atoms with Crippen LogP contribution in [0.2, 0.25) is 5.02 Å². The minimum absolute atomic E-state index is 0.148. The summed E-state index contributed by atoms with van der Waals surface area (Å²) in [5.74, 6) is 0.00959. The predicted molar refractivity (Wildman–Crippen MR) is 60.8 cm³/mol.